The summed E-state index contributed by atoms with van der Waals surface area (Å²) in [7, 11) is 0. The van der Waals surface area contributed by atoms with Crippen molar-refractivity contribution in [3.05, 3.63) is 29.3 Å². The van der Waals surface area contributed by atoms with Crippen LogP contribution in [0.1, 0.15) is 11.1 Å². The highest BCUT2D eigenvalue weighted by atomic mass is 32.2. The summed E-state index contributed by atoms with van der Waals surface area (Å²) in [5.41, 5.74) is 1.83. The van der Waals surface area contributed by atoms with E-state index in [1.807, 2.05) is 32.0 Å². The molecule has 0 fully saturated rings. The number of thioether (sulfide) groups is 1. The fraction of sp³-hybridized carbons (Fsp3) is 0.333. The first-order valence-corrected chi connectivity index (χ1v) is 4.50. The van der Waals surface area contributed by atoms with Crippen LogP contribution in [-0.2, 0) is 0 Å². The Kier molecular flexibility index (Phi) is 3.09. The van der Waals surface area contributed by atoms with Gasteiger partial charge >= 0.3 is 0 Å². The van der Waals surface area contributed by atoms with Crippen LogP contribution in [0.3, 0.4) is 0 Å². The third-order valence-electron chi connectivity index (χ3n) is 1.62. The van der Waals surface area contributed by atoms with Crippen molar-refractivity contribution in [1.82, 2.24) is 0 Å². The van der Waals surface area contributed by atoms with Gasteiger partial charge in [-0.15, -0.1) is 0 Å². The number of rotatable bonds is 2. The van der Waals surface area contributed by atoms with Crippen LogP contribution in [0, 0.1) is 13.8 Å². The molecule has 0 atom stereocenters. The Bertz CT molecular complexity index is 251. The van der Waals surface area contributed by atoms with Gasteiger partial charge < -0.3 is 0 Å². The number of aryl methyl sites for hydroxylation is 2. The van der Waals surface area contributed by atoms with Crippen LogP contribution in [0.4, 0.5) is 8.78 Å². The van der Waals surface area contributed by atoms with E-state index in [1.54, 1.807) is 0 Å². The molecule has 0 spiro atoms. The minimum Gasteiger partial charge on any atom is -0.198 e. The Morgan fingerprint density at radius 2 is 1.67 bits per heavy atom. The molecule has 1 aromatic rings. The predicted molar refractivity (Wildman–Crippen MR) is 47.8 cm³/mol. The van der Waals surface area contributed by atoms with E-state index < -0.39 is 5.76 Å². The van der Waals surface area contributed by atoms with Gasteiger partial charge in [0.2, 0.25) is 0 Å². The fourth-order valence-corrected chi connectivity index (χ4v) is 1.76. The molecule has 0 radical (unpaired) electrons. The van der Waals surface area contributed by atoms with E-state index in [9.17, 15) is 8.78 Å². The molecular weight excluding hydrogens is 178 g/mol. The van der Waals surface area contributed by atoms with Crippen LogP contribution in [-0.4, -0.2) is 5.76 Å². The normalized spacial score (nSPS) is 10.8. The lowest BCUT2D eigenvalue weighted by Gasteiger charge is -2.07. The summed E-state index contributed by atoms with van der Waals surface area (Å²) in [5, 5.41) is 0. The smallest absolute Gasteiger partial charge is 0.198 e. The van der Waals surface area contributed by atoms with Gasteiger partial charge in [-0.1, -0.05) is 30.0 Å². The third-order valence-corrected chi connectivity index (χ3v) is 2.67. The average molecular weight is 188 g/mol. The summed E-state index contributed by atoms with van der Waals surface area (Å²) in [5.74, 6) is -2.33. The van der Waals surface area contributed by atoms with Crippen LogP contribution >= 0.6 is 11.8 Å². The molecule has 3 heteroatoms. The second-order valence-electron chi connectivity index (χ2n) is 2.60. The van der Waals surface area contributed by atoms with E-state index in [0.717, 1.165) is 11.1 Å². The minimum absolute atomic E-state index is 0.618. The number of hydrogen-bond acceptors (Lipinski definition) is 1. The van der Waals surface area contributed by atoms with Crippen molar-refractivity contribution in [1.29, 1.82) is 0 Å². The zero-order chi connectivity index (χ0) is 9.14. The van der Waals surface area contributed by atoms with E-state index >= 15 is 0 Å². The topological polar surface area (TPSA) is 0 Å². The Balaban J connectivity index is 2.96. The maximum Gasteiger partial charge on any atom is 0.288 e. The zero-order valence-electron chi connectivity index (χ0n) is 6.97. The van der Waals surface area contributed by atoms with Gasteiger partial charge in [0.25, 0.3) is 5.76 Å². The lowest BCUT2D eigenvalue weighted by atomic mass is 10.2. The summed E-state index contributed by atoms with van der Waals surface area (Å²) in [4.78, 5) is 0.701. The molecule has 12 heavy (non-hydrogen) atoms. The molecule has 0 unspecified atom stereocenters. The SMILES string of the molecule is Cc1cccc(C)c1SC(F)F. The van der Waals surface area contributed by atoms with Gasteiger partial charge in [0.05, 0.1) is 0 Å². The molecule has 0 aliphatic heterocycles. The minimum atomic E-state index is -2.33. The van der Waals surface area contributed by atoms with E-state index in [1.165, 1.54) is 0 Å². The molecule has 0 heterocycles. The number of benzene rings is 1. The van der Waals surface area contributed by atoms with Gasteiger partial charge in [-0.2, -0.15) is 8.78 Å². The largest absolute Gasteiger partial charge is 0.288 e. The molecule has 0 aromatic heterocycles. The molecule has 66 valence electrons. The Morgan fingerprint density at radius 1 is 1.17 bits per heavy atom. The fourth-order valence-electron chi connectivity index (χ4n) is 1.07. The standard InChI is InChI=1S/C9H10F2S/c1-6-4-3-5-7(2)8(6)12-9(10)11/h3-5,9H,1-2H3. The van der Waals surface area contributed by atoms with E-state index in [2.05, 4.69) is 0 Å². The predicted octanol–water partition coefficient (Wildman–Crippen LogP) is 3.62. The molecule has 0 amide bonds. The highest BCUT2D eigenvalue weighted by molar-refractivity contribution is 7.99. The summed E-state index contributed by atoms with van der Waals surface area (Å²) < 4.78 is 24.1. The van der Waals surface area contributed by atoms with Crippen LogP contribution in [0.25, 0.3) is 0 Å². The molecule has 0 aliphatic carbocycles. The Morgan fingerprint density at radius 3 is 2.08 bits per heavy atom. The van der Waals surface area contributed by atoms with E-state index in [4.69, 9.17) is 0 Å². The van der Waals surface area contributed by atoms with Crippen LogP contribution in [0.5, 0.6) is 0 Å². The van der Waals surface area contributed by atoms with E-state index in [-0.39, 0.29) is 0 Å². The number of alkyl halides is 2. The van der Waals surface area contributed by atoms with Crippen LogP contribution in [0.2, 0.25) is 0 Å². The van der Waals surface area contributed by atoms with Gasteiger partial charge in [-0.25, -0.2) is 0 Å². The van der Waals surface area contributed by atoms with Crippen molar-refractivity contribution in [3.63, 3.8) is 0 Å². The van der Waals surface area contributed by atoms with Crippen molar-refractivity contribution in [2.45, 2.75) is 24.5 Å². The van der Waals surface area contributed by atoms with Gasteiger partial charge in [-0.3, -0.25) is 0 Å². The molecule has 1 aromatic carbocycles. The van der Waals surface area contributed by atoms with Crippen LogP contribution < -0.4 is 0 Å². The molecule has 0 aliphatic rings. The molecule has 0 nitrogen and oxygen atoms in total. The molecule has 0 bridgehead atoms. The van der Waals surface area contributed by atoms with Gasteiger partial charge in [-0.05, 0) is 25.0 Å². The summed E-state index contributed by atoms with van der Waals surface area (Å²) in [6.45, 7) is 3.69. The second kappa shape index (κ2) is 3.90. The molecule has 0 N–H and O–H groups in total. The summed E-state index contributed by atoms with van der Waals surface area (Å²) in [6, 6.07) is 5.57. The van der Waals surface area contributed by atoms with Gasteiger partial charge in [0.1, 0.15) is 0 Å². The summed E-state index contributed by atoms with van der Waals surface area (Å²) in [6.07, 6.45) is 0. The molecule has 1 rings (SSSR count). The van der Waals surface area contributed by atoms with Gasteiger partial charge in [0.15, 0.2) is 0 Å². The molecule has 0 saturated heterocycles. The highest BCUT2D eigenvalue weighted by Crippen LogP contribution is 2.30. The van der Waals surface area contributed by atoms with Crippen molar-refractivity contribution >= 4 is 11.8 Å². The Hall–Kier alpha value is -0.570. The quantitative estimate of drug-likeness (QED) is 0.639. The monoisotopic (exact) mass is 188 g/mol. The number of halogens is 2. The van der Waals surface area contributed by atoms with E-state index in [0.29, 0.717) is 16.7 Å². The zero-order valence-corrected chi connectivity index (χ0v) is 7.79. The second-order valence-corrected chi connectivity index (χ2v) is 3.60. The van der Waals surface area contributed by atoms with Crippen molar-refractivity contribution < 1.29 is 8.78 Å². The maximum atomic E-state index is 12.0. The Labute approximate surface area is 75.0 Å². The average Bonchev–Trinajstić information content (AvgIpc) is 1.97. The first-order valence-electron chi connectivity index (χ1n) is 3.62. The highest BCUT2D eigenvalue weighted by Gasteiger charge is 2.09. The third kappa shape index (κ3) is 2.21. The summed E-state index contributed by atoms with van der Waals surface area (Å²) >= 11 is 0.618. The number of hydrogen-bond donors (Lipinski definition) is 0. The lowest BCUT2D eigenvalue weighted by Crippen LogP contribution is -1.88. The van der Waals surface area contributed by atoms with Crippen molar-refractivity contribution in [2.75, 3.05) is 0 Å². The first-order chi connectivity index (χ1) is 5.61. The van der Waals surface area contributed by atoms with Gasteiger partial charge in [0, 0.05) is 4.90 Å². The van der Waals surface area contributed by atoms with Crippen molar-refractivity contribution in [2.24, 2.45) is 0 Å². The first kappa shape index (κ1) is 9.52. The van der Waals surface area contributed by atoms with Crippen LogP contribution in [0.15, 0.2) is 23.1 Å². The molecular formula is C9H10F2S. The molecule has 0 saturated carbocycles. The lowest BCUT2D eigenvalue weighted by molar-refractivity contribution is 0.252. The maximum absolute atomic E-state index is 12.0. The van der Waals surface area contributed by atoms with Crippen molar-refractivity contribution in [3.8, 4) is 0 Å².